The SMILES string of the molecule is CCCNc1nc(N(C)OC)c2ccn(C)c2n1.Cl. The van der Waals surface area contributed by atoms with Crippen LogP contribution in [0.25, 0.3) is 11.0 Å². The number of hydrogen-bond donors (Lipinski definition) is 1. The van der Waals surface area contributed by atoms with Crippen molar-refractivity contribution in [3.8, 4) is 0 Å². The summed E-state index contributed by atoms with van der Waals surface area (Å²) in [5, 5.41) is 5.82. The van der Waals surface area contributed by atoms with Crippen LogP contribution in [0.15, 0.2) is 12.3 Å². The molecule has 6 nitrogen and oxygen atoms in total. The number of halogens is 1. The van der Waals surface area contributed by atoms with E-state index in [1.54, 1.807) is 12.2 Å². The molecule has 0 aliphatic rings. The highest BCUT2D eigenvalue weighted by Crippen LogP contribution is 2.25. The highest BCUT2D eigenvalue weighted by atomic mass is 35.5. The maximum absolute atomic E-state index is 5.22. The number of hydroxylamine groups is 1. The summed E-state index contributed by atoms with van der Waals surface area (Å²) in [7, 11) is 5.42. The first kappa shape index (κ1) is 15.5. The highest BCUT2D eigenvalue weighted by molar-refractivity contribution is 5.88. The molecule has 0 aliphatic carbocycles. The van der Waals surface area contributed by atoms with Crippen molar-refractivity contribution in [1.29, 1.82) is 0 Å². The van der Waals surface area contributed by atoms with E-state index in [2.05, 4.69) is 22.2 Å². The fraction of sp³-hybridized carbons (Fsp3) is 0.500. The van der Waals surface area contributed by atoms with Gasteiger partial charge in [-0.2, -0.15) is 9.97 Å². The first-order valence-corrected chi connectivity index (χ1v) is 6.02. The summed E-state index contributed by atoms with van der Waals surface area (Å²) in [5.74, 6) is 1.40. The van der Waals surface area contributed by atoms with Gasteiger partial charge in [0.1, 0.15) is 5.65 Å². The lowest BCUT2D eigenvalue weighted by Gasteiger charge is -2.16. The van der Waals surface area contributed by atoms with Gasteiger partial charge in [-0.25, -0.2) is 5.06 Å². The second-order valence-electron chi connectivity index (χ2n) is 4.14. The molecule has 2 aromatic rings. The molecule has 0 unspecified atom stereocenters. The number of aryl methyl sites for hydroxylation is 1. The quantitative estimate of drug-likeness (QED) is 0.854. The molecule has 0 radical (unpaired) electrons. The minimum atomic E-state index is 0. The number of nitrogens with zero attached hydrogens (tertiary/aromatic N) is 4. The molecular formula is C12H20ClN5O. The molecule has 0 aliphatic heterocycles. The maximum Gasteiger partial charge on any atom is 0.226 e. The van der Waals surface area contributed by atoms with Crippen molar-refractivity contribution in [2.24, 2.45) is 7.05 Å². The van der Waals surface area contributed by atoms with E-state index < -0.39 is 0 Å². The molecule has 19 heavy (non-hydrogen) atoms. The largest absolute Gasteiger partial charge is 0.354 e. The first-order chi connectivity index (χ1) is 8.67. The number of nitrogens with one attached hydrogen (secondary N) is 1. The Balaban J connectivity index is 0.00000180. The Morgan fingerprint density at radius 1 is 1.42 bits per heavy atom. The van der Waals surface area contributed by atoms with Crippen LogP contribution in [-0.2, 0) is 11.9 Å². The second-order valence-corrected chi connectivity index (χ2v) is 4.14. The van der Waals surface area contributed by atoms with E-state index in [0.29, 0.717) is 5.95 Å². The van der Waals surface area contributed by atoms with Crippen molar-refractivity contribution in [2.75, 3.05) is 31.1 Å². The van der Waals surface area contributed by atoms with Crippen LogP contribution in [0.3, 0.4) is 0 Å². The third-order valence-corrected chi connectivity index (χ3v) is 2.81. The van der Waals surface area contributed by atoms with Crippen molar-refractivity contribution >= 4 is 35.2 Å². The predicted molar refractivity (Wildman–Crippen MR) is 79.9 cm³/mol. The molecule has 0 bridgehead atoms. The van der Waals surface area contributed by atoms with Crippen LogP contribution in [0.1, 0.15) is 13.3 Å². The van der Waals surface area contributed by atoms with Gasteiger partial charge >= 0.3 is 0 Å². The van der Waals surface area contributed by atoms with Crippen LogP contribution in [0.5, 0.6) is 0 Å². The lowest BCUT2D eigenvalue weighted by atomic mass is 10.4. The lowest BCUT2D eigenvalue weighted by Crippen LogP contribution is -2.18. The minimum absolute atomic E-state index is 0. The van der Waals surface area contributed by atoms with E-state index in [0.717, 1.165) is 29.8 Å². The minimum Gasteiger partial charge on any atom is -0.354 e. The average Bonchev–Trinajstić information content (AvgIpc) is 2.76. The smallest absolute Gasteiger partial charge is 0.226 e. The van der Waals surface area contributed by atoms with Gasteiger partial charge in [0.2, 0.25) is 5.95 Å². The molecule has 2 rings (SSSR count). The highest BCUT2D eigenvalue weighted by Gasteiger charge is 2.13. The third kappa shape index (κ3) is 3.08. The van der Waals surface area contributed by atoms with E-state index in [-0.39, 0.29) is 12.4 Å². The molecule has 0 atom stereocenters. The Hall–Kier alpha value is -1.53. The lowest BCUT2D eigenvalue weighted by molar-refractivity contribution is 0.183. The van der Waals surface area contributed by atoms with Crippen molar-refractivity contribution in [1.82, 2.24) is 14.5 Å². The molecule has 0 saturated carbocycles. The topological polar surface area (TPSA) is 55.2 Å². The Morgan fingerprint density at radius 2 is 2.16 bits per heavy atom. The molecule has 2 aromatic heterocycles. The van der Waals surface area contributed by atoms with Gasteiger partial charge in [0, 0.05) is 26.8 Å². The molecule has 0 aromatic carbocycles. The number of hydrogen-bond acceptors (Lipinski definition) is 5. The molecule has 1 N–H and O–H groups in total. The van der Waals surface area contributed by atoms with Crippen LogP contribution < -0.4 is 10.4 Å². The summed E-state index contributed by atoms with van der Waals surface area (Å²) in [6, 6.07) is 1.99. The predicted octanol–water partition coefficient (Wildman–Crippen LogP) is 2.21. The molecule has 0 saturated heterocycles. The average molecular weight is 286 g/mol. The zero-order valence-corrected chi connectivity index (χ0v) is 12.5. The normalized spacial score (nSPS) is 10.3. The number of fused-ring (bicyclic) bond motifs is 1. The van der Waals surface area contributed by atoms with Crippen LogP contribution in [0.4, 0.5) is 11.8 Å². The molecule has 106 valence electrons. The Labute approximate surface area is 119 Å². The van der Waals surface area contributed by atoms with Gasteiger partial charge in [-0.1, -0.05) is 6.92 Å². The number of aromatic nitrogens is 3. The molecule has 0 fully saturated rings. The zero-order chi connectivity index (χ0) is 13.1. The first-order valence-electron chi connectivity index (χ1n) is 6.02. The second kappa shape index (κ2) is 6.58. The van der Waals surface area contributed by atoms with Gasteiger partial charge in [-0.05, 0) is 12.5 Å². The summed E-state index contributed by atoms with van der Waals surface area (Å²) >= 11 is 0. The van der Waals surface area contributed by atoms with Crippen molar-refractivity contribution in [2.45, 2.75) is 13.3 Å². The third-order valence-electron chi connectivity index (χ3n) is 2.81. The zero-order valence-electron chi connectivity index (χ0n) is 11.7. The monoisotopic (exact) mass is 285 g/mol. The van der Waals surface area contributed by atoms with Crippen LogP contribution in [-0.4, -0.2) is 35.2 Å². The Morgan fingerprint density at radius 3 is 2.79 bits per heavy atom. The molecule has 0 amide bonds. The maximum atomic E-state index is 5.22. The standard InChI is InChI=1S/C12H19N5O.ClH/c1-5-7-13-12-14-10-9(6-8-16(10)2)11(15-12)17(3)18-4;/h6,8H,5,7H2,1-4H3,(H,13,14,15);1H. The summed E-state index contributed by atoms with van der Waals surface area (Å²) in [6.07, 6.45) is 3.00. The summed E-state index contributed by atoms with van der Waals surface area (Å²) in [5.41, 5.74) is 0.891. The van der Waals surface area contributed by atoms with Gasteiger partial charge in [0.25, 0.3) is 0 Å². The fourth-order valence-electron chi connectivity index (χ4n) is 1.76. The van der Waals surface area contributed by atoms with E-state index >= 15 is 0 Å². The summed E-state index contributed by atoms with van der Waals surface area (Å²) < 4.78 is 1.97. The number of rotatable bonds is 5. The van der Waals surface area contributed by atoms with Gasteiger partial charge in [0.05, 0.1) is 12.5 Å². The van der Waals surface area contributed by atoms with Gasteiger partial charge in [-0.15, -0.1) is 12.4 Å². The van der Waals surface area contributed by atoms with E-state index in [1.807, 2.05) is 30.9 Å². The van der Waals surface area contributed by atoms with Gasteiger partial charge in [0.15, 0.2) is 5.82 Å². The Bertz CT molecular complexity index is 542. The van der Waals surface area contributed by atoms with Crippen LogP contribution in [0, 0.1) is 0 Å². The Kier molecular flexibility index (Phi) is 5.38. The molecular weight excluding hydrogens is 266 g/mol. The van der Waals surface area contributed by atoms with Crippen molar-refractivity contribution in [3.63, 3.8) is 0 Å². The van der Waals surface area contributed by atoms with Gasteiger partial charge in [-0.3, -0.25) is 4.84 Å². The number of anilines is 2. The molecule has 7 heteroatoms. The molecule has 0 spiro atoms. The molecule has 2 heterocycles. The van der Waals surface area contributed by atoms with Crippen LogP contribution in [0.2, 0.25) is 0 Å². The van der Waals surface area contributed by atoms with Crippen LogP contribution >= 0.6 is 12.4 Å². The van der Waals surface area contributed by atoms with E-state index in [4.69, 9.17) is 4.84 Å². The fourth-order valence-corrected chi connectivity index (χ4v) is 1.76. The van der Waals surface area contributed by atoms with Crippen molar-refractivity contribution < 1.29 is 4.84 Å². The summed E-state index contributed by atoms with van der Waals surface area (Å²) in [4.78, 5) is 14.2. The van der Waals surface area contributed by atoms with E-state index in [1.165, 1.54) is 0 Å². The van der Waals surface area contributed by atoms with Gasteiger partial charge < -0.3 is 9.88 Å². The van der Waals surface area contributed by atoms with E-state index in [9.17, 15) is 0 Å². The van der Waals surface area contributed by atoms with Crippen molar-refractivity contribution in [3.05, 3.63) is 12.3 Å². The summed E-state index contributed by atoms with van der Waals surface area (Å²) in [6.45, 7) is 2.96.